The van der Waals surface area contributed by atoms with Gasteiger partial charge in [0.15, 0.2) is 0 Å². The Balaban J connectivity index is 2.41. The SMILES string of the molecule is NC(=S)c1ccccc1NS(=O)(=O)c1cccc(F)c1. The van der Waals surface area contributed by atoms with Gasteiger partial charge >= 0.3 is 0 Å². The van der Waals surface area contributed by atoms with Crippen LogP contribution in [0.15, 0.2) is 53.4 Å². The predicted molar refractivity (Wildman–Crippen MR) is 79.5 cm³/mol. The molecule has 0 radical (unpaired) electrons. The van der Waals surface area contributed by atoms with E-state index in [4.69, 9.17) is 18.0 Å². The first kappa shape index (κ1) is 14.4. The molecule has 0 spiro atoms. The second-order valence-corrected chi connectivity index (χ2v) is 6.09. The highest BCUT2D eigenvalue weighted by Gasteiger charge is 2.17. The van der Waals surface area contributed by atoms with Crippen molar-refractivity contribution in [3.63, 3.8) is 0 Å². The zero-order valence-electron chi connectivity index (χ0n) is 10.2. The minimum Gasteiger partial charge on any atom is -0.389 e. The van der Waals surface area contributed by atoms with Crippen molar-refractivity contribution in [1.82, 2.24) is 0 Å². The van der Waals surface area contributed by atoms with Crippen molar-refractivity contribution in [2.24, 2.45) is 5.73 Å². The number of nitrogens with one attached hydrogen (secondary N) is 1. The summed E-state index contributed by atoms with van der Waals surface area (Å²) in [6, 6.07) is 11.2. The Morgan fingerprint density at radius 1 is 1.15 bits per heavy atom. The van der Waals surface area contributed by atoms with E-state index in [-0.39, 0.29) is 15.6 Å². The van der Waals surface area contributed by atoms with Crippen LogP contribution in [0.4, 0.5) is 10.1 Å². The Morgan fingerprint density at radius 2 is 1.85 bits per heavy atom. The fourth-order valence-electron chi connectivity index (χ4n) is 1.62. The summed E-state index contributed by atoms with van der Waals surface area (Å²) in [6.07, 6.45) is 0. The van der Waals surface area contributed by atoms with Crippen LogP contribution in [0.3, 0.4) is 0 Å². The number of hydrogen-bond acceptors (Lipinski definition) is 3. The van der Waals surface area contributed by atoms with E-state index in [0.717, 1.165) is 6.07 Å². The molecule has 2 aromatic carbocycles. The molecule has 0 aliphatic carbocycles. The van der Waals surface area contributed by atoms with Gasteiger partial charge in [-0.3, -0.25) is 4.72 Å². The average Bonchev–Trinajstić information content (AvgIpc) is 2.38. The number of anilines is 1. The summed E-state index contributed by atoms with van der Waals surface area (Å²) >= 11 is 4.86. The highest BCUT2D eigenvalue weighted by atomic mass is 32.2. The van der Waals surface area contributed by atoms with Gasteiger partial charge in [-0.2, -0.15) is 0 Å². The monoisotopic (exact) mass is 310 g/mol. The van der Waals surface area contributed by atoms with Crippen LogP contribution in [0.25, 0.3) is 0 Å². The molecular weight excluding hydrogens is 299 g/mol. The van der Waals surface area contributed by atoms with Crippen LogP contribution in [0.1, 0.15) is 5.56 Å². The van der Waals surface area contributed by atoms with E-state index in [9.17, 15) is 12.8 Å². The van der Waals surface area contributed by atoms with Gasteiger partial charge in [-0.05, 0) is 30.3 Å². The molecule has 0 aliphatic heterocycles. The number of sulfonamides is 1. The molecule has 0 aliphatic rings. The third-order valence-corrected chi connectivity index (χ3v) is 4.13. The number of thiocarbonyl (C=S) groups is 1. The van der Waals surface area contributed by atoms with Gasteiger partial charge in [-0.25, -0.2) is 12.8 Å². The summed E-state index contributed by atoms with van der Waals surface area (Å²) in [7, 11) is -3.90. The lowest BCUT2D eigenvalue weighted by Crippen LogP contribution is -2.18. The maximum Gasteiger partial charge on any atom is 0.262 e. The lowest BCUT2D eigenvalue weighted by molar-refractivity contribution is 0.595. The molecule has 0 bridgehead atoms. The molecule has 0 aromatic heterocycles. The number of halogens is 1. The van der Waals surface area contributed by atoms with Gasteiger partial charge in [0.2, 0.25) is 0 Å². The van der Waals surface area contributed by atoms with E-state index in [1.54, 1.807) is 18.2 Å². The van der Waals surface area contributed by atoms with Gasteiger partial charge in [-0.1, -0.05) is 30.4 Å². The van der Waals surface area contributed by atoms with Crippen LogP contribution in [-0.4, -0.2) is 13.4 Å². The maximum atomic E-state index is 13.1. The average molecular weight is 310 g/mol. The summed E-state index contributed by atoms with van der Waals surface area (Å²) in [6.45, 7) is 0. The quantitative estimate of drug-likeness (QED) is 0.850. The van der Waals surface area contributed by atoms with Crippen LogP contribution in [-0.2, 0) is 10.0 Å². The van der Waals surface area contributed by atoms with E-state index in [1.807, 2.05) is 0 Å². The lowest BCUT2D eigenvalue weighted by Gasteiger charge is -2.11. The van der Waals surface area contributed by atoms with E-state index < -0.39 is 15.8 Å². The van der Waals surface area contributed by atoms with Crippen LogP contribution < -0.4 is 10.5 Å². The van der Waals surface area contributed by atoms with Crippen molar-refractivity contribution in [3.8, 4) is 0 Å². The van der Waals surface area contributed by atoms with Crippen molar-refractivity contribution in [3.05, 3.63) is 59.9 Å². The Kier molecular flexibility index (Phi) is 4.01. The zero-order chi connectivity index (χ0) is 14.8. The molecule has 0 saturated heterocycles. The number of hydrogen-bond donors (Lipinski definition) is 2. The number of nitrogens with two attached hydrogens (primary N) is 1. The topological polar surface area (TPSA) is 72.2 Å². The van der Waals surface area contributed by atoms with Crippen LogP contribution >= 0.6 is 12.2 Å². The van der Waals surface area contributed by atoms with Crippen molar-refractivity contribution in [2.45, 2.75) is 4.90 Å². The van der Waals surface area contributed by atoms with Crippen molar-refractivity contribution in [2.75, 3.05) is 4.72 Å². The van der Waals surface area contributed by atoms with Crippen molar-refractivity contribution in [1.29, 1.82) is 0 Å². The normalized spacial score (nSPS) is 11.1. The molecule has 4 nitrogen and oxygen atoms in total. The van der Waals surface area contributed by atoms with Gasteiger partial charge in [-0.15, -0.1) is 0 Å². The maximum absolute atomic E-state index is 13.1. The lowest BCUT2D eigenvalue weighted by atomic mass is 10.2. The second-order valence-electron chi connectivity index (χ2n) is 3.97. The number of para-hydroxylation sites is 1. The summed E-state index contributed by atoms with van der Waals surface area (Å²) < 4.78 is 39.8. The molecule has 2 rings (SSSR count). The fourth-order valence-corrected chi connectivity index (χ4v) is 2.91. The first-order valence-electron chi connectivity index (χ1n) is 5.57. The largest absolute Gasteiger partial charge is 0.389 e. The van der Waals surface area contributed by atoms with Crippen LogP contribution in [0, 0.1) is 5.82 Å². The standard InChI is InChI=1S/C13H11FN2O2S2/c14-9-4-3-5-10(8-9)20(17,18)16-12-7-2-1-6-11(12)13(15)19/h1-8,16H,(H2,15,19). The minimum atomic E-state index is -3.90. The predicted octanol–water partition coefficient (Wildman–Crippen LogP) is 2.26. The van der Waals surface area contributed by atoms with Gasteiger partial charge in [0, 0.05) is 5.56 Å². The Hall–Kier alpha value is -1.99. The highest BCUT2D eigenvalue weighted by molar-refractivity contribution is 7.92. The first-order chi connectivity index (χ1) is 9.40. The molecule has 3 N–H and O–H groups in total. The highest BCUT2D eigenvalue weighted by Crippen LogP contribution is 2.20. The molecule has 0 heterocycles. The van der Waals surface area contributed by atoms with Crippen LogP contribution in [0.2, 0.25) is 0 Å². The molecule has 0 amide bonds. The number of rotatable bonds is 4. The molecule has 7 heteroatoms. The molecule has 0 saturated carbocycles. The Morgan fingerprint density at radius 3 is 2.50 bits per heavy atom. The molecule has 20 heavy (non-hydrogen) atoms. The van der Waals surface area contributed by atoms with Gasteiger partial charge < -0.3 is 5.73 Å². The molecule has 0 unspecified atom stereocenters. The van der Waals surface area contributed by atoms with Gasteiger partial charge in [0.05, 0.1) is 10.6 Å². The molecular formula is C13H11FN2O2S2. The molecule has 104 valence electrons. The van der Waals surface area contributed by atoms with E-state index >= 15 is 0 Å². The second kappa shape index (κ2) is 5.56. The molecule has 0 atom stereocenters. The fraction of sp³-hybridized carbons (Fsp3) is 0. The number of benzene rings is 2. The van der Waals surface area contributed by atoms with E-state index in [2.05, 4.69) is 4.72 Å². The summed E-state index contributed by atoms with van der Waals surface area (Å²) in [5.41, 5.74) is 6.19. The Bertz CT molecular complexity index is 760. The van der Waals surface area contributed by atoms with E-state index in [1.165, 1.54) is 24.3 Å². The third-order valence-electron chi connectivity index (χ3n) is 2.54. The van der Waals surface area contributed by atoms with Gasteiger partial charge in [0.25, 0.3) is 10.0 Å². The minimum absolute atomic E-state index is 0.0718. The smallest absolute Gasteiger partial charge is 0.262 e. The van der Waals surface area contributed by atoms with Gasteiger partial charge in [0.1, 0.15) is 10.8 Å². The summed E-state index contributed by atoms with van der Waals surface area (Å²) in [5.74, 6) is -0.629. The van der Waals surface area contributed by atoms with Crippen molar-refractivity contribution >= 4 is 32.9 Å². The van der Waals surface area contributed by atoms with Crippen LogP contribution in [0.5, 0.6) is 0 Å². The Labute approximate surface area is 121 Å². The molecule has 2 aromatic rings. The molecule has 0 fully saturated rings. The van der Waals surface area contributed by atoms with E-state index in [0.29, 0.717) is 5.56 Å². The zero-order valence-corrected chi connectivity index (χ0v) is 11.8. The summed E-state index contributed by atoms with van der Waals surface area (Å²) in [4.78, 5) is -0.0993. The van der Waals surface area contributed by atoms with Crippen molar-refractivity contribution < 1.29 is 12.8 Å². The first-order valence-corrected chi connectivity index (χ1v) is 7.46. The third kappa shape index (κ3) is 3.12. The summed E-state index contributed by atoms with van der Waals surface area (Å²) in [5, 5.41) is 0.